The number of hydrogen-bond donors (Lipinski definition) is 0. The molecule has 1 aromatic heterocycles. The first kappa shape index (κ1) is 13.3. The second-order valence-electron chi connectivity index (χ2n) is 5.10. The Kier molecular flexibility index (Phi) is 3.11. The van der Waals surface area contributed by atoms with Gasteiger partial charge in [0.1, 0.15) is 5.15 Å². The predicted octanol–water partition coefficient (Wildman–Crippen LogP) is 3.46. The van der Waals surface area contributed by atoms with Crippen molar-refractivity contribution >= 4 is 32.2 Å². The van der Waals surface area contributed by atoms with Crippen molar-refractivity contribution in [3.05, 3.63) is 35.6 Å². The normalized spacial score (nSPS) is 12.9. The minimum atomic E-state index is -3.37. The molecule has 0 saturated carbocycles. The van der Waals surface area contributed by atoms with Crippen molar-refractivity contribution in [3.63, 3.8) is 0 Å². The van der Waals surface area contributed by atoms with Crippen LogP contribution in [-0.4, -0.2) is 18.1 Å². The van der Waals surface area contributed by atoms with E-state index in [1.54, 1.807) is 51.2 Å². The summed E-state index contributed by atoms with van der Waals surface area (Å²) in [5, 5.41) is 1.85. The number of aromatic nitrogens is 1. The molecule has 0 aliphatic rings. The summed E-state index contributed by atoms with van der Waals surface area (Å²) in [6.45, 7) is 5.03. The zero-order valence-corrected chi connectivity index (χ0v) is 12.0. The first-order chi connectivity index (χ1) is 8.23. The van der Waals surface area contributed by atoms with E-state index in [4.69, 9.17) is 11.6 Å². The molecule has 0 unspecified atom stereocenters. The highest BCUT2D eigenvalue weighted by molar-refractivity contribution is 7.92. The number of fused-ring (bicyclic) bond motifs is 1. The number of benzene rings is 1. The number of hydrogen-bond acceptors (Lipinski definition) is 3. The summed E-state index contributed by atoms with van der Waals surface area (Å²) >= 11 is 5.99. The molecule has 0 saturated heterocycles. The molecule has 2 rings (SSSR count). The van der Waals surface area contributed by atoms with Crippen LogP contribution in [-0.2, 0) is 9.84 Å². The van der Waals surface area contributed by atoms with Gasteiger partial charge >= 0.3 is 0 Å². The van der Waals surface area contributed by atoms with Gasteiger partial charge in [0.25, 0.3) is 0 Å². The first-order valence-electron chi connectivity index (χ1n) is 5.52. The zero-order valence-electron chi connectivity index (χ0n) is 10.4. The lowest BCUT2D eigenvalue weighted by Gasteiger charge is -2.19. The Morgan fingerprint density at radius 1 is 1.17 bits per heavy atom. The Labute approximate surface area is 112 Å². The average Bonchev–Trinajstić information content (AvgIpc) is 2.27. The van der Waals surface area contributed by atoms with Crippen LogP contribution in [0.15, 0.2) is 35.4 Å². The second kappa shape index (κ2) is 4.21. The van der Waals surface area contributed by atoms with Crippen LogP contribution < -0.4 is 0 Å². The number of rotatable bonds is 1. The predicted molar refractivity (Wildman–Crippen MR) is 73.7 cm³/mol. The fourth-order valence-corrected chi connectivity index (χ4v) is 3.08. The fraction of sp³-hybridized carbons (Fsp3) is 0.308. The number of nitrogens with zero attached hydrogens (tertiary/aromatic N) is 1. The molecule has 5 heteroatoms. The molecule has 2 aromatic rings. The van der Waals surface area contributed by atoms with Gasteiger partial charge in [-0.2, -0.15) is 0 Å². The van der Waals surface area contributed by atoms with E-state index < -0.39 is 14.6 Å². The third-order valence-corrected chi connectivity index (χ3v) is 5.59. The van der Waals surface area contributed by atoms with Crippen molar-refractivity contribution in [2.45, 2.75) is 30.4 Å². The van der Waals surface area contributed by atoms with Crippen molar-refractivity contribution in [3.8, 4) is 0 Å². The highest BCUT2D eigenvalue weighted by atomic mass is 35.5. The van der Waals surface area contributed by atoms with Gasteiger partial charge in [-0.1, -0.05) is 17.7 Å². The van der Waals surface area contributed by atoms with Gasteiger partial charge in [-0.3, -0.25) is 0 Å². The molecule has 0 spiro atoms. The lowest BCUT2D eigenvalue weighted by atomic mass is 10.2. The summed E-state index contributed by atoms with van der Waals surface area (Å²) < 4.78 is 23.9. The van der Waals surface area contributed by atoms with Crippen molar-refractivity contribution < 1.29 is 8.42 Å². The molecule has 0 fully saturated rings. The molecule has 1 heterocycles. The molecular weight excluding hydrogens is 270 g/mol. The summed E-state index contributed by atoms with van der Waals surface area (Å²) in [5.74, 6) is 0. The zero-order chi connectivity index (χ0) is 13.6. The molecule has 96 valence electrons. The van der Waals surface area contributed by atoms with E-state index in [1.165, 1.54) is 0 Å². The van der Waals surface area contributed by atoms with Crippen LogP contribution in [0.4, 0.5) is 0 Å². The standard InChI is InChI=1S/C13H14ClNO2S/c1-13(2,3)18(16,17)10-5-4-9-6-7-15-12(14)11(9)8-10/h4-8H,1-3H3. The Hall–Kier alpha value is -1.13. The Balaban J connectivity index is 2.72. The van der Waals surface area contributed by atoms with Crippen LogP contribution in [0.25, 0.3) is 10.8 Å². The van der Waals surface area contributed by atoms with Gasteiger partial charge in [-0.25, -0.2) is 13.4 Å². The highest BCUT2D eigenvalue weighted by Gasteiger charge is 2.30. The summed E-state index contributed by atoms with van der Waals surface area (Å²) in [6.07, 6.45) is 1.60. The van der Waals surface area contributed by atoms with E-state index in [2.05, 4.69) is 4.98 Å². The SMILES string of the molecule is CC(C)(C)S(=O)(=O)c1ccc2ccnc(Cl)c2c1. The number of halogens is 1. The molecule has 18 heavy (non-hydrogen) atoms. The molecule has 0 N–H and O–H groups in total. The third kappa shape index (κ3) is 2.10. The fourth-order valence-electron chi connectivity index (χ4n) is 1.63. The molecule has 3 nitrogen and oxygen atoms in total. The quantitative estimate of drug-likeness (QED) is 0.753. The Morgan fingerprint density at radius 2 is 1.83 bits per heavy atom. The second-order valence-corrected chi connectivity index (χ2v) is 8.16. The molecule has 0 aliphatic carbocycles. The maximum Gasteiger partial charge on any atom is 0.183 e. The average molecular weight is 284 g/mol. The molecule has 1 aromatic carbocycles. The smallest absolute Gasteiger partial charge is 0.183 e. The summed E-state index contributed by atoms with van der Waals surface area (Å²) in [6, 6.07) is 6.75. The van der Waals surface area contributed by atoms with Crippen molar-refractivity contribution in [2.75, 3.05) is 0 Å². The van der Waals surface area contributed by atoms with E-state index >= 15 is 0 Å². The van der Waals surface area contributed by atoms with E-state index in [-0.39, 0.29) is 4.90 Å². The number of pyridine rings is 1. The maximum atomic E-state index is 12.3. The van der Waals surface area contributed by atoms with Crippen molar-refractivity contribution in [1.29, 1.82) is 0 Å². The van der Waals surface area contributed by atoms with Gasteiger partial charge in [-0.15, -0.1) is 0 Å². The van der Waals surface area contributed by atoms with Crippen LogP contribution in [0, 0.1) is 0 Å². The maximum absolute atomic E-state index is 12.3. The monoisotopic (exact) mass is 283 g/mol. The van der Waals surface area contributed by atoms with E-state index in [9.17, 15) is 8.42 Å². The van der Waals surface area contributed by atoms with Gasteiger partial charge in [0.05, 0.1) is 9.64 Å². The molecule has 0 atom stereocenters. The van der Waals surface area contributed by atoms with Gasteiger partial charge in [-0.05, 0) is 44.4 Å². The molecule has 0 aliphatic heterocycles. The highest BCUT2D eigenvalue weighted by Crippen LogP contribution is 2.29. The van der Waals surface area contributed by atoms with Gasteiger partial charge in [0.15, 0.2) is 9.84 Å². The lowest BCUT2D eigenvalue weighted by Crippen LogP contribution is -2.27. The van der Waals surface area contributed by atoms with Crippen LogP contribution >= 0.6 is 11.6 Å². The topological polar surface area (TPSA) is 47.0 Å². The van der Waals surface area contributed by atoms with E-state index in [0.717, 1.165) is 5.39 Å². The Morgan fingerprint density at radius 3 is 2.44 bits per heavy atom. The minimum Gasteiger partial charge on any atom is -0.244 e. The minimum absolute atomic E-state index is 0.275. The molecular formula is C13H14ClNO2S. The lowest BCUT2D eigenvalue weighted by molar-refractivity contribution is 0.560. The largest absolute Gasteiger partial charge is 0.244 e. The third-order valence-electron chi connectivity index (χ3n) is 2.81. The summed E-state index contributed by atoms with van der Waals surface area (Å²) in [5.41, 5.74) is 0. The van der Waals surface area contributed by atoms with E-state index in [1.807, 2.05) is 0 Å². The van der Waals surface area contributed by atoms with Crippen LogP contribution in [0.2, 0.25) is 5.15 Å². The van der Waals surface area contributed by atoms with Crippen LogP contribution in [0.3, 0.4) is 0 Å². The van der Waals surface area contributed by atoms with Gasteiger partial charge in [0, 0.05) is 11.6 Å². The molecule has 0 amide bonds. The van der Waals surface area contributed by atoms with Crippen molar-refractivity contribution in [1.82, 2.24) is 4.98 Å². The molecule has 0 bridgehead atoms. The summed E-state index contributed by atoms with van der Waals surface area (Å²) in [4.78, 5) is 4.24. The van der Waals surface area contributed by atoms with Gasteiger partial charge < -0.3 is 0 Å². The Bertz CT molecular complexity index is 702. The van der Waals surface area contributed by atoms with Crippen LogP contribution in [0.5, 0.6) is 0 Å². The summed E-state index contributed by atoms with van der Waals surface area (Å²) in [7, 11) is -3.37. The van der Waals surface area contributed by atoms with E-state index in [0.29, 0.717) is 10.5 Å². The first-order valence-corrected chi connectivity index (χ1v) is 7.38. The van der Waals surface area contributed by atoms with Crippen molar-refractivity contribution in [2.24, 2.45) is 0 Å². The van der Waals surface area contributed by atoms with Crippen LogP contribution in [0.1, 0.15) is 20.8 Å². The molecule has 0 radical (unpaired) electrons. The number of sulfone groups is 1. The van der Waals surface area contributed by atoms with Gasteiger partial charge in [0.2, 0.25) is 0 Å².